The molecule has 13 heavy (non-hydrogen) atoms. The Hall–Kier alpha value is -1.78. The Morgan fingerprint density at radius 2 is 2.38 bits per heavy atom. The molecule has 0 aliphatic carbocycles. The van der Waals surface area contributed by atoms with Crippen molar-refractivity contribution in [3.05, 3.63) is 18.3 Å². The van der Waals surface area contributed by atoms with Gasteiger partial charge in [0.1, 0.15) is 5.75 Å². The highest BCUT2D eigenvalue weighted by molar-refractivity contribution is 5.68. The Morgan fingerprint density at radius 1 is 1.62 bits per heavy atom. The fourth-order valence-corrected chi connectivity index (χ4v) is 0.709. The van der Waals surface area contributed by atoms with E-state index >= 15 is 0 Å². The standard InChI is InChI=1S/C8H9NO4/c1-12-6-2-3-7(9-4-6)13-5-8(10)11/h2-4H,5H2,1H3,(H,10,11). The van der Waals surface area contributed by atoms with Crippen molar-refractivity contribution in [2.45, 2.75) is 0 Å². The first-order valence-corrected chi connectivity index (χ1v) is 3.57. The zero-order valence-corrected chi connectivity index (χ0v) is 7.06. The largest absolute Gasteiger partial charge is 0.495 e. The minimum Gasteiger partial charge on any atom is -0.495 e. The summed E-state index contributed by atoms with van der Waals surface area (Å²) in [5, 5.41) is 8.30. The van der Waals surface area contributed by atoms with Crippen LogP contribution in [-0.4, -0.2) is 29.8 Å². The van der Waals surface area contributed by atoms with E-state index in [1.807, 2.05) is 0 Å². The SMILES string of the molecule is COc1ccc(OCC(=O)O)nc1. The van der Waals surface area contributed by atoms with Crippen molar-refractivity contribution in [3.63, 3.8) is 0 Å². The number of ether oxygens (including phenoxy) is 2. The normalized spacial score (nSPS) is 9.31. The Kier molecular flexibility index (Phi) is 3.08. The number of hydrogen-bond acceptors (Lipinski definition) is 4. The molecule has 0 bridgehead atoms. The van der Waals surface area contributed by atoms with E-state index < -0.39 is 5.97 Å². The summed E-state index contributed by atoms with van der Waals surface area (Å²) < 4.78 is 9.66. The predicted molar refractivity (Wildman–Crippen MR) is 43.9 cm³/mol. The van der Waals surface area contributed by atoms with E-state index in [0.717, 1.165) is 0 Å². The lowest BCUT2D eigenvalue weighted by atomic mass is 10.4. The highest BCUT2D eigenvalue weighted by atomic mass is 16.5. The van der Waals surface area contributed by atoms with Gasteiger partial charge in [-0.05, 0) is 6.07 Å². The van der Waals surface area contributed by atoms with Crippen molar-refractivity contribution in [1.29, 1.82) is 0 Å². The van der Waals surface area contributed by atoms with Crippen molar-refractivity contribution in [2.75, 3.05) is 13.7 Å². The van der Waals surface area contributed by atoms with Crippen LogP contribution in [0.3, 0.4) is 0 Å². The Balaban J connectivity index is 2.54. The molecule has 1 heterocycles. The highest BCUT2D eigenvalue weighted by Crippen LogP contribution is 2.12. The van der Waals surface area contributed by atoms with Crippen LogP contribution >= 0.6 is 0 Å². The van der Waals surface area contributed by atoms with Gasteiger partial charge in [-0.1, -0.05) is 0 Å². The van der Waals surface area contributed by atoms with E-state index in [-0.39, 0.29) is 12.5 Å². The Morgan fingerprint density at radius 3 is 2.85 bits per heavy atom. The summed E-state index contributed by atoms with van der Waals surface area (Å²) >= 11 is 0. The zero-order valence-electron chi connectivity index (χ0n) is 7.06. The zero-order chi connectivity index (χ0) is 9.68. The smallest absolute Gasteiger partial charge is 0.341 e. The van der Waals surface area contributed by atoms with Gasteiger partial charge < -0.3 is 14.6 Å². The quantitative estimate of drug-likeness (QED) is 0.738. The number of aromatic nitrogens is 1. The minimum absolute atomic E-state index is 0.267. The third-order valence-electron chi connectivity index (χ3n) is 1.29. The van der Waals surface area contributed by atoms with Crippen LogP contribution in [0.15, 0.2) is 18.3 Å². The maximum atomic E-state index is 10.1. The first-order valence-electron chi connectivity index (χ1n) is 3.57. The molecule has 1 aromatic rings. The highest BCUT2D eigenvalue weighted by Gasteiger charge is 1.99. The van der Waals surface area contributed by atoms with Gasteiger partial charge >= 0.3 is 5.97 Å². The topological polar surface area (TPSA) is 68.7 Å². The van der Waals surface area contributed by atoms with E-state index in [4.69, 9.17) is 14.6 Å². The summed E-state index contributed by atoms with van der Waals surface area (Å²) in [7, 11) is 1.52. The molecule has 0 saturated carbocycles. The fraction of sp³-hybridized carbons (Fsp3) is 0.250. The van der Waals surface area contributed by atoms with E-state index in [0.29, 0.717) is 5.75 Å². The average molecular weight is 183 g/mol. The van der Waals surface area contributed by atoms with Crippen molar-refractivity contribution < 1.29 is 19.4 Å². The van der Waals surface area contributed by atoms with Crippen LogP contribution < -0.4 is 9.47 Å². The molecular weight excluding hydrogens is 174 g/mol. The average Bonchev–Trinajstić information content (AvgIpc) is 2.15. The third-order valence-corrected chi connectivity index (χ3v) is 1.29. The van der Waals surface area contributed by atoms with Crippen LogP contribution in [0.4, 0.5) is 0 Å². The minimum atomic E-state index is -1.03. The first-order chi connectivity index (χ1) is 6.22. The van der Waals surface area contributed by atoms with Gasteiger partial charge in [0.2, 0.25) is 5.88 Å². The molecule has 0 aromatic carbocycles. The molecule has 0 radical (unpaired) electrons. The van der Waals surface area contributed by atoms with Crippen molar-refractivity contribution in [3.8, 4) is 11.6 Å². The summed E-state index contributed by atoms with van der Waals surface area (Å²) in [6.45, 7) is -0.390. The van der Waals surface area contributed by atoms with E-state index in [1.54, 1.807) is 12.1 Å². The second kappa shape index (κ2) is 4.30. The summed E-state index contributed by atoms with van der Waals surface area (Å²) in [5.41, 5.74) is 0. The number of hydrogen-bond donors (Lipinski definition) is 1. The van der Waals surface area contributed by atoms with Crippen LogP contribution in [0.2, 0.25) is 0 Å². The summed E-state index contributed by atoms with van der Waals surface area (Å²) in [6, 6.07) is 3.19. The maximum absolute atomic E-state index is 10.1. The first kappa shape index (κ1) is 9.31. The molecule has 0 amide bonds. The van der Waals surface area contributed by atoms with E-state index in [1.165, 1.54) is 13.3 Å². The monoisotopic (exact) mass is 183 g/mol. The van der Waals surface area contributed by atoms with Gasteiger partial charge in [0.25, 0.3) is 0 Å². The van der Waals surface area contributed by atoms with Crippen LogP contribution in [0.25, 0.3) is 0 Å². The van der Waals surface area contributed by atoms with Gasteiger partial charge in [-0.2, -0.15) is 0 Å². The second-order valence-corrected chi connectivity index (χ2v) is 2.22. The summed E-state index contributed by atoms with van der Waals surface area (Å²) in [4.78, 5) is 13.9. The predicted octanol–water partition coefficient (Wildman–Crippen LogP) is 0.554. The van der Waals surface area contributed by atoms with Crippen molar-refractivity contribution in [1.82, 2.24) is 4.98 Å². The molecule has 0 aliphatic heterocycles. The number of aliphatic carboxylic acids is 1. The maximum Gasteiger partial charge on any atom is 0.341 e. The Bertz CT molecular complexity index is 283. The molecule has 0 saturated heterocycles. The molecule has 0 unspecified atom stereocenters. The molecule has 0 aliphatic rings. The molecule has 1 N–H and O–H groups in total. The van der Waals surface area contributed by atoms with Crippen LogP contribution in [0.1, 0.15) is 0 Å². The summed E-state index contributed by atoms with van der Waals surface area (Å²) in [6.07, 6.45) is 1.46. The van der Waals surface area contributed by atoms with Crippen LogP contribution in [-0.2, 0) is 4.79 Å². The van der Waals surface area contributed by atoms with Crippen molar-refractivity contribution >= 4 is 5.97 Å². The summed E-state index contributed by atoms with van der Waals surface area (Å²) in [5.74, 6) is -0.163. The fourth-order valence-electron chi connectivity index (χ4n) is 0.709. The Labute approximate surface area is 74.9 Å². The molecule has 0 spiro atoms. The molecular formula is C8H9NO4. The van der Waals surface area contributed by atoms with Gasteiger partial charge in [0, 0.05) is 6.07 Å². The molecule has 0 atom stereocenters. The van der Waals surface area contributed by atoms with Gasteiger partial charge in [0.15, 0.2) is 6.61 Å². The number of carboxylic acid groups (broad SMARTS) is 1. The van der Waals surface area contributed by atoms with Crippen molar-refractivity contribution in [2.24, 2.45) is 0 Å². The number of carboxylic acids is 1. The van der Waals surface area contributed by atoms with Gasteiger partial charge in [-0.3, -0.25) is 0 Å². The lowest BCUT2D eigenvalue weighted by Crippen LogP contribution is -2.10. The lowest BCUT2D eigenvalue weighted by Gasteiger charge is -2.02. The molecule has 1 rings (SSSR count). The van der Waals surface area contributed by atoms with Crippen LogP contribution in [0.5, 0.6) is 11.6 Å². The van der Waals surface area contributed by atoms with E-state index in [9.17, 15) is 4.79 Å². The number of pyridine rings is 1. The number of rotatable bonds is 4. The number of nitrogens with zero attached hydrogens (tertiary/aromatic N) is 1. The molecule has 0 fully saturated rings. The van der Waals surface area contributed by atoms with Gasteiger partial charge in [-0.15, -0.1) is 0 Å². The van der Waals surface area contributed by atoms with Gasteiger partial charge in [0.05, 0.1) is 13.3 Å². The molecule has 1 aromatic heterocycles. The van der Waals surface area contributed by atoms with E-state index in [2.05, 4.69) is 4.98 Å². The third kappa shape index (κ3) is 2.98. The van der Waals surface area contributed by atoms with Gasteiger partial charge in [-0.25, -0.2) is 9.78 Å². The number of carbonyl (C=O) groups is 1. The molecule has 70 valence electrons. The molecule has 5 heteroatoms. The molecule has 5 nitrogen and oxygen atoms in total. The van der Waals surface area contributed by atoms with Crippen LogP contribution in [0, 0.1) is 0 Å². The second-order valence-electron chi connectivity index (χ2n) is 2.22. The number of methoxy groups -OCH3 is 1. The lowest BCUT2D eigenvalue weighted by molar-refractivity contribution is -0.139.